The normalized spacial score (nSPS) is 19.8. The number of rotatable bonds is 7. The predicted molar refractivity (Wildman–Crippen MR) is 111 cm³/mol. The van der Waals surface area contributed by atoms with Crippen LogP contribution in [0.3, 0.4) is 0 Å². The Labute approximate surface area is 169 Å². The zero-order chi connectivity index (χ0) is 19.2. The highest BCUT2D eigenvalue weighted by atomic mass is 32.2. The highest BCUT2D eigenvalue weighted by Crippen LogP contribution is 2.35. The van der Waals surface area contributed by atoms with Crippen LogP contribution >= 0.6 is 24.0 Å². The fourth-order valence-electron chi connectivity index (χ4n) is 3.05. The first kappa shape index (κ1) is 20.1. The number of nitrogens with zero attached hydrogens (tertiary/aromatic N) is 2. The highest BCUT2D eigenvalue weighted by Gasteiger charge is 2.31. The van der Waals surface area contributed by atoms with Crippen molar-refractivity contribution in [2.45, 2.75) is 6.42 Å². The Kier molecular flexibility index (Phi) is 7.12. The van der Waals surface area contributed by atoms with Crippen LogP contribution in [0.2, 0.25) is 0 Å². The fraction of sp³-hybridized carbons (Fsp3) is 0.474. The monoisotopic (exact) mass is 408 g/mol. The molecule has 2 saturated heterocycles. The standard InChI is InChI=1S/C19H24N2O4S2/c1-23-15-5-4-14(16(13-15)24-2)12-17-18(22)21(19(26)27-17)7-3-6-20-8-10-25-11-9-20/h4-5,12-13H,3,6-11H2,1-2H3/b17-12+. The number of carbonyl (C=O) groups excluding carboxylic acids is 1. The van der Waals surface area contributed by atoms with Crippen LogP contribution in [0.25, 0.3) is 6.08 Å². The average molecular weight is 409 g/mol. The highest BCUT2D eigenvalue weighted by molar-refractivity contribution is 8.26. The average Bonchev–Trinajstić information content (AvgIpc) is 2.96. The van der Waals surface area contributed by atoms with Gasteiger partial charge in [-0.1, -0.05) is 24.0 Å². The summed E-state index contributed by atoms with van der Waals surface area (Å²) in [5.41, 5.74) is 0.826. The molecule has 0 radical (unpaired) electrons. The van der Waals surface area contributed by atoms with Crippen LogP contribution in [0.15, 0.2) is 23.1 Å². The molecule has 0 bridgehead atoms. The molecule has 1 aromatic carbocycles. The van der Waals surface area contributed by atoms with Crippen LogP contribution in [0, 0.1) is 0 Å². The van der Waals surface area contributed by atoms with E-state index in [1.807, 2.05) is 18.2 Å². The Morgan fingerprint density at radius 2 is 2.00 bits per heavy atom. The van der Waals surface area contributed by atoms with Gasteiger partial charge in [0.25, 0.3) is 5.91 Å². The Morgan fingerprint density at radius 1 is 1.22 bits per heavy atom. The van der Waals surface area contributed by atoms with E-state index in [0.29, 0.717) is 27.3 Å². The first-order valence-electron chi connectivity index (χ1n) is 8.90. The third kappa shape index (κ3) is 5.01. The number of carbonyl (C=O) groups is 1. The minimum Gasteiger partial charge on any atom is -0.497 e. The summed E-state index contributed by atoms with van der Waals surface area (Å²) in [7, 11) is 3.21. The van der Waals surface area contributed by atoms with Crippen molar-refractivity contribution in [3.8, 4) is 11.5 Å². The van der Waals surface area contributed by atoms with Gasteiger partial charge in [-0.25, -0.2) is 0 Å². The first-order chi connectivity index (χ1) is 13.1. The molecule has 3 rings (SSSR count). The second kappa shape index (κ2) is 9.54. The molecule has 0 atom stereocenters. The van der Waals surface area contributed by atoms with E-state index in [2.05, 4.69) is 4.90 Å². The van der Waals surface area contributed by atoms with Gasteiger partial charge in [0.15, 0.2) is 0 Å². The van der Waals surface area contributed by atoms with Gasteiger partial charge in [0, 0.05) is 37.8 Å². The summed E-state index contributed by atoms with van der Waals surface area (Å²) in [6.45, 7) is 5.07. The van der Waals surface area contributed by atoms with Crippen LogP contribution < -0.4 is 9.47 Å². The summed E-state index contributed by atoms with van der Waals surface area (Å²) in [6.07, 6.45) is 2.73. The maximum Gasteiger partial charge on any atom is 0.266 e. The Hall–Kier alpha value is -1.61. The predicted octanol–water partition coefficient (Wildman–Crippen LogP) is 2.63. The van der Waals surface area contributed by atoms with Crippen molar-refractivity contribution in [2.24, 2.45) is 0 Å². The molecule has 8 heteroatoms. The van der Waals surface area contributed by atoms with Crippen LogP contribution in [0.4, 0.5) is 0 Å². The largest absolute Gasteiger partial charge is 0.497 e. The number of hydrogen-bond donors (Lipinski definition) is 0. The Morgan fingerprint density at radius 3 is 2.70 bits per heavy atom. The molecule has 0 N–H and O–H groups in total. The van der Waals surface area contributed by atoms with Crippen LogP contribution in [-0.2, 0) is 9.53 Å². The number of amides is 1. The number of hydrogen-bond acceptors (Lipinski definition) is 7. The maximum absolute atomic E-state index is 12.8. The number of thioether (sulfide) groups is 1. The summed E-state index contributed by atoms with van der Waals surface area (Å²) in [5, 5.41) is 0. The second-order valence-corrected chi connectivity index (χ2v) is 7.92. The number of morpholine rings is 1. The van der Waals surface area contributed by atoms with Crippen molar-refractivity contribution in [1.29, 1.82) is 0 Å². The van der Waals surface area contributed by atoms with E-state index >= 15 is 0 Å². The number of benzene rings is 1. The van der Waals surface area contributed by atoms with Crippen molar-refractivity contribution < 1.29 is 19.0 Å². The molecular formula is C19H24N2O4S2. The molecule has 0 spiro atoms. The van der Waals surface area contributed by atoms with Gasteiger partial charge in [0.1, 0.15) is 15.8 Å². The van der Waals surface area contributed by atoms with Crippen molar-refractivity contribution >= 4 is 40.3 Å². The van der Waals surface area contributed by atoms with E-state index in [1.54, 1.807) is 25.2 Å². The van der Waals surface area contributed by atoms with Gasteiger partial charge in [0.05, 0.1) is 32.3 Å². The van der Waals surface area contributed by atoms with E-state index in [4.69, 9.17) is 26.4 Å². The number of thiocarbonyl (C=S) groups is 1. The smallest absolute Gasteiger partial charge is 0.266 e. The van der Waals surface area contributed by atoms with E-state index < -0.39 is 0 Å². The molecule has 6 nitrogen and oxygen atoms in total. The zero-order valence-corrected chi connectivity index (χ0v) is 17.2. The lowest BCUT2D eigenvalue weighted by Crippen LogP contribution is -2.38. The summed E-state index contributed by atoms with van der Waals surface area (Å²) >= 11 is 6.76. The SMILES string of the molecule is COc1ccc(/C=C2/SC(=S)N(CCCN3CCOCC3)C2=O)c(OC)c1. The van der Waals surface area contributed by atoms with Gasteiger partial charge >= 0.3 is 0 Å². The van der Waals surface area contributed by atoms with E-state index in [9.17, 15) is 4.79 Å². The Bertz CT molecular complexity index is 732. The minimum atomic E-state index is -0.0372. The molecule has 2 heterocycles. The topological polar surface area (TPSA) is 51.2 Å². The van der Waals surface area contributed by atoms with Gasteiger partial charge in [-0.2, -0.15) is 0 Å². The molecule has 1 amide bonds. The van der Waals surface area contributed by atoms with Gasteiger partial charge in [-0.05, 0) is 24.6 Å². The van der Waals surface area contributed by atoms with Gasteiger partial charge in [0.2, 0.25) is 0 Å². The molecule has 1 aromatic rings. The lowest BCUT2D eigenvalue weighted by Gasteiger charge is -2.27. The van der Waals surface area contributed by atoms with Gasteiger partial charge < -0.3 is 14.2 Å². The molecule has 0 aromatic heterocycles. The third-order valence-corrected chi connectivity index (χ3v) is 5.94. The number of methoxy groups -OCH3 is 2. The molecule has 2 fully saturated rings. The summed E-state index contributed by atoms with van der Waals surface area (Å²) < 4.78 is 16.6. The van der Waals surface area contributed by atoms with E-state index in [0.717, 1.165) is 44.8 Å². The van der Waals surface area contributed by atoms with Gasteiger partial charge in [-0.15, -0.1) is 0 Å². The lowest BCUT2D eigenvalue weighted by atomic mass is 10.1. The quantitative estimate of drug-likeness (QED) is 0.508. The third-order valence-electron chi connectivity index (χ3n) is 4.56. The number of ether oxygens (including phenoxy) is 3. The van der Waals surface area contributed by atoms with Crippen LogP contribution in [0.1, 0.15) is 12.0 Å². The molecule has 2 aliphatic heterocycles. The van der Waals surface area contributed by atoms with E-state index in [1.165, 1.54) is 11.8 Å². The maximum atomic E-state index is 12.8. The van der Waals surface area contributed by atoms with Crippen molar-refractivity contribution in [2.75, 3.05) is 53.6 Å². The van der Waals surface area contributed by atoms with Gasteiger partial charge in [-0.3, -0.25) is 14.6 Å². The van der Waals surface area contributed by atoms with Crippen molar-refractivity contribution in [3.63, 3.8) is 0 Å². The Balaban J connectivity index is 1.63. The van der Waals surface area contributed by atoms with Crippen molar-refractivity contribution in [1.82, 2.24) is 9.80 Å². The molecule has 0 aliphatic carbocycles. The zero-order valence-electron chi connectivity index (χ0n) is 15.6. The molecule has 2 aliphatic rings. The molecular weight excluding hydrogens is 384 g/mol. The fourth-order valence-corrected chi connectivity index (χ4v) is 4.35. The summed E-state index contributed by atoms with van der Waals surface area (Å²) in [4.78, 5) is 17.5. The molecule has 0 saturated carbocycles. The van der Waals surface area contributed by atoms with Crippen LogP contribution in [0.5, 0.6) is 11.5 Å². The van der Waals surface area contributed by atoms with Crippen molar-refractivity contribution in [3.05, 3.63) is 28.7 Å². The van der Waals surface area contributed by atoms with Crippen LogP contribution in [-0.4, -0.2) is 73.6 Å². The molecule has 27 heavy (non-hydrogen) atoms. The molecule has 146 valence electrons. The minimum absolute atomic E-state index is 0.0372. The molecule has 0 unspecified atom stereocenters. The second-order valence-electron chi connectivity index (χ2n) is 6.25. The summed E-state index contributed by atoms with van der Waals surface area (Å²) in [5.74, 6) is 1.33. The first-order valence-corrected chi connectivity index (χ1v) is 10.1. The summed E-state index contributed by atoms with van der Waals surface area (Å²) in [6, 6.07) is 5.52. The van der Waals surface area contributed by atoms with E-state index in [-0.39, 0.29) is 5.91 Å². The lowest BCUT2D eigenvalue weighted by molar-refractivity contribution is -0.122.